The van der Waals surface area contributed by atoms with Crippen molar-refractivity contribution in [2.24, 2.45) is 0 Å². The molecule has 0 aliphatic rings. The summed E-state index contributed by atoms with van der Waals surface area (Å²) in [5, 5.41) is 9.36. The molecule has 4 nitrogen and oxygen atoms in total. The highest BCUT2D eigenvalue weighted by Crippen LogP contribution is 2.21. The number of aryl methyl sites for hydroxylation is 1. The summed E-state index contributed by atoms with van der Waals surface area (Å²) < 4.78 is 28.1. The second-order valence-corrected chi connectivity index (χ2v) is 8.45. The summed E-state index contributed by atoms with van der Waals surface area (Å²) in [5.74, 6) is -0.0339. The van der Waals surface area contributed by atoms with Crippen molar-refractivity contribution in [2.45, 2.75) is 24.8 Å². The number of hydrogen-bond donors (Lipinski definition) is 1. The van der Waals surface area contributed by atoms with Gasteiger partial charge < -0.3 is 5.11 Å². The fraction of sp³-hybridized carbons (Fsp3) is 0.222. The first kappa shape index (κ1) is 18.7. The van der Waals surface area contributed by atoms with Gasteiger partial charge in [0, 0.05) is 24.0 Å². The van der Waals surface area contributed by atoms with Crippen LogP contribution in [0.25, 0.3) is 0 Å². The summed E-state index contributed by atoms with van der Waals surface area (Å²) in [6, 6.07) is 14.3. The van der Waals surface area contributed by atoms with Crippen molar-refractivity contribution >= 4 is 26.0 Å². The Hall–Kier alpha value is -1.63. The van der Waals surface area contributed by atoms with Gasteiger partial charge in [-0.25, -0.2) is 8.42 Å². The molecule has 2 aromatic carbocycles. The van der Waals surface area contributed by atoms with Crippen molar-refractivity contribution in [3.63, 3.8) is 0 Å². The monoisotopic (exact) mass is 409 g/mol. The number of hydrogen-bond acceptors (Lipinski definition) is 3. The lowest BCUT2D eigenvalue weighted by Crippen LogP contribution is -2.32. The zero-order chi connectivity index (χ0) is 17.7. The van der Waals surface area contributed by atoms with Crippen LogP contribution in [-0.2, 0) is 16.6 Å². The molecule has 0 aliphatic heterocycles. The molecule has 2 aromatic rings. The molecule has 0 aliphatic carbocycles. The largest absolute Gasteiger partial charge is 0.513 e. The van der Waals surface area contributed by atoms with Crippen LogP contribution in [0.2, 0.25) is 0 Å². The zero-order valence-electron chi connectivity index (χ0n) is 13.4. The molecule has 0 atom stereocenters. The van der Waals surface area contributed by atoms with Gasteiger partial charge in [-0.3, -0.25) is 0 Å². The maximum atomic E-state index is 12.9. The summed E-state index contributed by atoms with van der Waals surface area (Å²) in [6.45, 7) is 5.74. The number of sulfonamides is 1. The van der Waals surface area contributed by atoms with E-state index in [0.717, 1.165) is 15.6 Å². The molecule has 0 saturated carbocycles. The number of aliphatic hydroxyl groups excluding tert-OH is 1. The van der Waals surface area contributed by atoms with Gasteiger partial charge >= 0.3 is 0 Å². The van der Waals surface area contributed by atoms with Crippen LogP contribution >= 0.6 is 15.9 Å². The molecule has 1 N–H and O–H groups in total. The van der Waals surface area contributed by atoms with Crippen LogP contribution in [0.4, 0.5) is 0 Å². The van der Waals surface area contributed by atoms with Gasteiger partial charge in [0.2, 0.25) is 10.0 Å². The van der Waals surface area contributed by atoms with E-state index in [4.69, 9.17) is 0 Å². The van der Waals surface area contributed by atoms with Crippen LogP contribution in [-0.4, -0.2) is 24.4 Å². The Morgan fingerprint density at radius 1 is 1.21 bits per heavy atom. The number of rotatable bonds is 7. The second-order valence-electron chi connectivity index (χ2n) is 5.60. The van der Waals surface area contributed by atoms with E-state index in [1.165, 1.54) is 4.31 Å². The quantitative estimate of drug-likeness (QED) is 0.688. The second kappa shape index (κ2) is 7.96. The van der Waals surface area contributed by atoms with Crippen LogP contribution in [0.1, 0.15) is 17.5 Å². The highest BCUT2D eigenvalue weighted by atomic mass is 79.9. The Kier molecular flexibility index (Phi) is 6.21. The fourth-order valence-electron chi connectivity index (χ4n) is 2.24. The molecule has 0 saturated heterocycles. The van der Waals surface area contributed by atoms with Crippen LogP contribution in [0, 0.1) is 6.92 Å². The van der Waals surface area contributed by atoms with Crippen molar-refractivity contribution in [1.82, 2.24) is 4.31 Å². The normalized spacial score (nSPS) is 11.6. The minimum Gasteiger partial charge on any atom is -0.513 e. The van der Waals surface area contributed by atoms with E-state index in [9.17, 15) is 13.5 Å². The Morgan fingerprint density at radius 2 is 1.88 bits per heavy atom. The molecule has 128 valence electrons. The molecule has 0 unspecified atom stereocenters. The van der Waals surface area contributed by atoms with Gasteiger partial charge in [-0.2, -0.15) is 4.31 Å². The Labute approximate surface area is 151 Å². The first-order valence-electron chi connectivity index (χ1n) is 7.47. The summed E-state index contributed by atoms with van der Waals surface area (Å²) in [7, 11) is -3.66. The van der Waals surface area contributed by atoms with E-state index >= 15 is 0 Å². The first-order valence-corrected chi connectivity index (χ1v) is 9.70. The van der Waals surface area contributed by atoms with Crippen LogP contribution in [0.5, 0.6) is 0 Å². The maximum absolute atomic E-state index is 12.9. The van der Waals surface area contributed by atoms with Gasteiger partial charge in [-0.1, -0.05) is 52.3 Å². The number of halogens is 1. The zero-order valence-corrected chi connectivity index (χ0v) is 15.8. The molecule has 0 spiro atoms. The molecule has 0 heterocycles. The van der Waals surface area contributed by atoms with E-state index < -0.39 is 10.0 Å². The molecule has 2 rings (SSSR count). The van der Waals surface area contributed by atoms with Gasteiger partial charge in [-0.15, -0.1) is 0 Å². The molecular formula is C18H20BrNO3S. The lowest BCUT2D eigenvalue weighted by molar-refractivity contribution is 0.348. The molecule has 6 heteroatoms. The maximum Gasteiger partial charge on any atom is 0.243 e. The molecule has 0 radical (unpaired) electrons. The Balaban J connectivity index is 2.33. The van der Waals surface area contributed by atoms with E-state index in [1.807, 2.05) is 31.2 Å². The number of benzene rings is 2. The van der Waals surface area contributed by atoms with Crippen molar-refractivity contribution in [1.29, 1.82) is 0 Å². The van der Waals surface area contributed by atoms with Crippen molar-refractivity contribution in [3.05, 3.63) is 76.5 Å². The minimum absolute atomic E-state index is 0.0339. The lowest BCUT2D eigenvalue weighted by atomic mass is 10.2. The van der Waals surface area contributed by atoms with E-state index in [2.05, 4.69) is 22.5 Å². The van der Waals surface area contributed by atoms with Crippen LogP contribution in [0.15, 0.2) is 70.2 Å². The van der Waals surface area contributed by atoms with E-state index in [1.54, 1.807) is 24.3 Å². The predicted molar refractivity (Wildman–Crippen MR) is 99.3 cm³/mol. The van der Waals surface area contributed by atoms with Crippen LogP contribution in [0.3, 0.4) is 0 Å². The first-order chi connectivity index (χ1) is 11.3. The third-order valence-electron chi connectivity index (χ3n) is 3.56. The summed E-state index contributed by atoms with van der Waals surface area (Å²) in [6.07, 6.45) is 0.194. The van der Waals surface area contributed by atoms with Gasteiger partial charge in [0.05, 0.1) is 10.7 Å². The smallest absolute Gasteiger partial charge is 0.243 e. The molecule has 0 bridgehead atoms. The third-order valence-corrected chi connectivity index (χ3v) is 5.91. The van der Waals surface area contributed by atoms with E-state index in [0.29, 0.717) is 0 Å². The van der Waals surface area contributed by atoms with Gasteiger partial charge in [-0.05, 0) is 36.8 Å². The Morgan fingerprint density at radius 3 is 2.46 bits per heavy atom. The van der Waals surface area contributed by atoms with Crippen LogP contribution < -0.4 is 0 Å². The SMILES string of the molecule is C=C(O)CCN(Cc1cccc(Br)c1)S(=O)(=O)c1ccc(C)cc1. The summed E-state index contributed by atoms with van der Waals surface area (Å²) in [5.41, 5.74) is 1.86. The van der Waals surface area contributed by atoms with Crippen molar-refractivity contribution in [3.8, 4) is 0 Å². The predicted octanol–water partition coefficient (Wildman–Crippen LogP) is 4.41. The number of aliphatic hydroxyl groups is 1. The minimum atomic E-state index is -3.66. The Bertz CT molecular complexity index is 816. The van der Waals surface area contributed by atoms with Gasteiger partial charge in [0.15, 0.2) is 0 Å². The standard InChI is InChI=1S/C18H20BrNO3S/c1-14-6-8-18(9-7-14)24(22,23)20(11-10-15(2)21)13-16-4-3-5-17(19)12-16/h3-9,12,21H,2,10-11,13H2,1H3. The summed E-state index contributed by atoms with van der Waals surface area (Å²) >= 11 is 3.40. The lowest BCUT2D eigenvalue weighted by Gasteiger charge is -2.22. The van der Waals surface area contributed by atoms with Crippen molar-refractivity contribution in [2.75, 3.05) is 6.54 Å². The highest BCUT2D eigenvalue weighted by Gasteiger charge is 2.24. The topological polar surface area (TPSA) is 57.6 Å². The molecular weight excluding hydrogens is 390 g/mol. The van der Waals surface area contributed by atoms with Gasteiger partial charge in [0.1, 0.15) is 0 Å². The number of nitrogens with zero attached hydrogens (tertiary/aromatic N) is 1. The van der Waals surface area contributed by atoms with E-state index in [-0.39, 0.29) is 30.2 Å². The highest BCUT2D eigenvalue weighted by molar-refractivity contribution is 9.10. The average Bonchev–Trinajstić information content (AvgIpc) is 2.51. The molecule has 0 fully saturated rings. The molecule has 0 amide bonds. The third kappa shape index (κ3) is 4.93. The van der Waals surface area contributed by atoms with Crippen molar-refractivity contribution < 1.29 is 13.5 Å². The molecule has 24 heavy (non-hydrogen) atoms. The average molecular weight is 410 g/mol. The van der Waals surface area contributed by atoms with Gasteiger partial charge in [0.25, 0.3) is 0 Å². The fourth-order valence-corrected chi connectivity index (χ4v) is 4.11. The summed E-state index contributed by atoms with van der Waals surface area (Å²) in [4.78, 5) is 0.242. The molecule has 0 aromatic heterocycles.